The third-order valence-corrected chi connectivity index (χ3v) is 4.75. The summed E-state index contributed by atoms with van der Waals surface area (Å²) in [6.07, 6.45) is 2.97. The molecule has 3 rings (SSSR count). The molecule has 7 heteroatoms. The fourth-order valence-corrected chi connectivity index (χ4v) is 3.25. The number of aryl methyl sites for hydroxylation is 1. The van der Waals surface area contributed by atoms with E-state index in [0.29, 0.717) is 30.6 Å². The molecule has 0 aliphatic carbocycles. The van der Waals surface area contributed by atoms with Crippen LogP contribution in [0.15, 0.2) is 22.0 Å². The lowest BCUT2D eigenvalue weighted by Gasteiger charge is -2.30. The van der Waals surface area contributed by atoms with Crippen molar-refractivity contribution in [2.24, 2.45) is 0 Å². The van der Waals surface area contributed by atoms with Crippen LogP contribution >= 0.6 is 11.3 Å². The molecule has 0 radical (unpaired) electrons. The summed E-state index contributed by atoms with van der Waals surface area (Å²) in [4.78, 5) is 17.3. The number of piperidine rings is 1. The molecule has 2 atom stereocenters. The molecular weight excluding hydrogens is 300 g/mol. The molecule has 1 aliphatic heterocycles. The largest absolute Gasteiger partial charge is 0.352 e. The van der Waals surface area contributed by atoms with Crippen LogP contribution < -0.4 is 10.6 Å². The van der Waals surface area contributed by atoms with Crippen LogP contribution in [-0.2, 0) is 11.2 Å². The van der Waals surface area contributed by atoms with Gasteiger partial charge >= 0.3 is 0 Å². The molecule has 2 aromatic rings. The van der Waals surface area contributed by atoms with E-state index in [0.717, 1.165) is 24.3 Å². The standard InChI is InChI=1S/C15H20N4O2S/c1-10-11(4-2-8-16-10)17-13(20)6-7-14-18-15(19-21-14)12-5-3-9-22-12/h3,5,9-11,16H,2,4,6-8H2,1H3,(H,17,20). The first-order valence-electron chi connectivity index (χ1n) is 7.61. The first kappa shape index (κ1) is 15.2. The van der Waals surface area contributed by atoms with E-state index in [-0.39, 0.29) is 11.9 Å². The molecule has 3 heterocycles. The van der Waals surface area contributed by atoms with Gasteiger partial charge in [-0.2, -0.15) is 4.98 Å². The average molecular weight is 320 g/mol. The van der Waals surface area contributed by atoms with Crippen molar-refractivity contribution in [3.05, 3.63) is 23.4 Å². The van der Waals surface area contributed by atoms with Gasteiger partial charge in [0.05, 0.1) is 4.88 Å². The van der Waals surface area contributed by atoms with Crippen molar-refractivity contribution in [3.63, 3.8) is 0 Å². The second-order valence-corrected chi connectivity index (χ2v) is 6.50. The third-order valence-electron chi connectivity index (χ3n) is 3.88. The molecule has 0 spiro atoms. The third kappa shape index (κ3) is 3.72. The van der Waals surface area contributed by atoms with Crippen molar-refractivity contribution in [3.8, 4) is 10.7 Å². The number of hydrogen-bond acceptors (Lipinski definition) is 6. The van der Waals surface area contributed by atoms with Gasteiger partial charge in [0.15, 0.2) is 0 Å². The number of carbonyl (C=O) groups is 1. The van der Waals surface area contributed by atoms with Crippen LogP contribution in [0.25, 0.3) is 10.7 Å². The molecule has 22 heavy (non-hydrogen) atoms. The fraction of sp³-hybridized carbons (Fsp3) is 0.533. The molecule has 2 N–H and O–H groups in total. The van der Waals surface area contributed by atoms with Crippen LogP contribution in [-0.4, -0.2) is 34.7 Å². The molecule has 2 unspecified atom stereocenters. The lowest BCUT2D eigenvalue weighted by Crippen LogP contribution is -2.51. The molecule has 1 aliphatic rings. The van der Waals surface area contributed by atoms with E-state index in [9.17, 15) is 4.79 Å². The summed E-state index contributed by atoms with van der Waals surface area (Å²) in [5.41, 5.74) is 0. The quantitative estimate of drug-likeness (QED) is 0.880. The summed E-state index contributed by atoms with van der Waals surface area (Å²) in [5, 5.41) is 12.4. The zero-order valence-electron chi connectivity index (χ0n) is 12.5. The fourth-order valence-electron chi connectivity index (χ4n) is 2.60. The van der Waals surface area contributed by atoms with E-state index < -0.39 is 0 Å². The molecule has 1 amide bonds. The Labute approximate surface area is 133 Å². The molecule has 6 nitrogen and oxygen atoms in total. The molecule has 0 aromatic carbocycles. The summed E-state index contributed by atoms with van der Waals surface area (Å²) in [6.45, 7) is 3.14. The maximum absolute atomic E-state index is 12.0. The van der Waals surface area contributed by atoms with Crippen LogP contribution in [0.2, 0.25) is 0 Å². The van der Waals surface area contributed by atoms with E-state index in [4.69, 9.17) is 4.52 Å². The molecule has 1 fully saturated rings. The van der Waals surface area contributed by atoms with Gasteiger partial charge in [-0.25, -0.2) is 0 Å². The highest BCUT2D eigenvalue weighted by Gasteiger charge is 2.22. The number of carbonyl (C=O) groups excluding carboxylic acids is 1. The maximum Gasteiger partial charge on any atom is 0.227 e. The van der Waals surface area contributed by atoms with Crippen molar-refractivity contribution in [1.29, 1.82) is 0 Å². The summed E-state index contributed by atoms with van der Waals surface area (Å²) in [6, 6.07) is 4.43. The average Bonchev–Trinajstić information content (AvgIpc) is 3.18. The number of nitrogens with zero attached hydrogens (tertiary/aromatic N) is 2. The highest BCUT2D eigenvalue weighted by Crippen LogP contribution is 2.21. The number of amides is 1. The normalized spacial score (nSPS) is 21.7. The van der Waals surface area contributed by atoms with E-state index in [1.54, 1.807) is 11.3 Å². The first-order chi connectivity index (χ1) is 10.7. The van der Waals surface area contributed by atoms with Crippen LogP contribution in [0.4, 0.5) is 0 Å². The second-order valence-electron chi connectivity index (χ2n) is 5.55. The Bertz CT molecular complexity index is 611. The van der Waals surface area contributed by atoms with Gasteiger partial charge in [-0.1, -0.05) is 11.2 Å². The Morgan fingerprint density at radius 3 is 3.27 bits per heavy atom. The Morgan fingerprint density at radius 2 is 2.50 bits per heavy atom. The van der Waals surface area contributed by atoms with Crippen molar-refractivity contribution in [1.82, 2.24) is 20.8 Å². The van der Waals surface area contributed by atoms with E-state index in [1.165, 1.54) is 0 Å². The van der Waals surface area contributed by atoms with Crippen LogP contribution in [0.5, 0.6) is 0 Å². The Hall–Kier alpha value is -1.73. The molecule has 0 saturated carbocycles. The molecule has 2 aromatic heterocycles. The Kier molecular flexibility index (Phi) is 4.84. The van der Waals surface area contributed by atoms with Crippen molar-refractivity contribution in [2.45, 2.75) is 44.7 Å². The topological polar surface area (TPSA) is 80.0 Å². The van der Waals surface area contributed by atoms with Gasteiger partial charge in [0.25, 0.3) is 0 Å². The summed E-state index contributed by atoms with van der Waals surface area (Å²) >= 11 is 1.57. The van der Waals surface area contributed by atoms with Crippen LogP contribution in [0.3, 0.4) is 0 Å². The van der Waals surface area contributed by atoms with Crippen molar-refractivity contribution < 1.29 is 9.32 Å². The van der Waals surface area contributed by atoms with Gasteiger partial charge in [-0.05, 0) is 37.8 Å². The zero-order valence-corrected chi connectivity index (χ0v) is 13.4. The smallest absolute Gasteiger partial charge is 0.227 e. The van der Waals surface area contributed by atoms with Gasteiger partial charge in [0, 0.05) is 24.9 Å². The zero-order chi connectivity index (χ0) is 15.4. The second kappa shape index (κ2) is 7.02. The van der Waals surface area contributed by atoms with Gasteiger partial charge in [0.2, 0.25) is 17.6 Å². The van der Waals surface area contributed by atoms with Gasteiger partial charge in [-0.3, -0.25) is 4.79 Å². The Morgan fingerprint density at radius 1 is 1.59 bits per heavy atom. The molecule has 1 saturated heterocycles. The van der Waals surface area contributed by atoms with E-state index >= 15 is 0 Å². The van der Waals surface area contributed by atoms with Crippen LogP contribution in [0.1, 0.15) is 32.1 Å². The van der Waals surface area contributed by atoms with Gasteiger partial charge in [0.1, 0.15) is 0 Å². The lowest BCUT2D eigenvalue weighted by atomic mass is 10.00. The SMILES string of the molecule is CC1NCCCC1NC(=O)CCc1nc(-c2cccs2)no1. The number of rotatable bonds is 5. The van der Waals surface area contributed by atoms with Crippen molar-refractivity contribution in [2.75, 3.05) is 6.54 Å². The highest BCUT2D eigenvalue weighted by molar-refractivity contribution is 7.13. The molecular formula is C15H20N4O2S. The maximum atomic E-state index is 12.0. The molecule has 0 bridgehead atoms. The van der Waals surface area contributed by atoms with Gasteiger partial charge < -0.3 is 15.2 Å². The van der Waals surface area contributed by atoms with Crippen LogP contribution in [0, 0.1) is 0 Å². The predicted octanol–water partition coefficient (Wildman–Crippen LogP) is 1.99. The number of nitrogens with one attached hydrogen (secondary N) is 2. The van der Waals surface area contributed by atoms with Crippen molar-refractivity contribution >= 4 is 17.2 Å². The highest BCUT2D eigenvalue weighted by atomic mass is 32.1. The predicted molar refractivity (Wildman–Crippen MR) is 84.6 cm³/mol. The monoisotopic (exact) mass is 320 g/mol. The molecule has 118 valence electrons. The first-order valence-corrected chi connectivity index (χ1v) is 8.49. The summed E-state index contributed by atoms with van der Waals surface area (Å²) in [5.74, 6) is 1.14. The van der Waals surface area contributed by atoms with Gasteiger partial charge in [-0.15, -0.1) is 11.3 Å². The summed E-state index contributed by atoms with van der Waals surface area (Å²) in [7, 11) is 0. The number of thiophene rings is 1. The summed E-state index contributed by atoms with van der Waals surface area (Å²) < 4.78 is 5.20. The Balaban J connectivity index is 1.49. The number of aromatic nitrogens is 2. The van der Waals surface area contributed by atoms with E-state index in [2.05, 4.69) is 27.7 Å². The number of hydrogen-bond donors (Lipinski definition) is 2. The minimum absolute atomic E-state index is 0.0384. The minimum Gasteiger partial charge on any atom is -0.352 e. The minimum atomic E-state index is 0.0384. The lowest BCUT2D eigenvalue weighted by molar-refractivity contribution is -0.122. The van der Waals surface area contributed by atoms with E-state index in [1.807, 2.05) is 17.5 Å².